The quantitative estimate of drug-likeness (QED) is 0.620. The Balaban J connectivity index is 1.51. The Hall–Kier alpha value is -3.54. The topological polar surface area (TPSA) is 116 Å². The van der Waals surface area contributed by atoms with Gasteiger partial charge in [0, 0.05) is 39.0 Å². The number of nitrogens with one attached hydrogen (secondary N) is 2. The van der Waals surface area contributed by atoms with Gasteiger partial charge in [0.05, 0.1) is 22.7 Å². The maximum atomic E-state index is 13.6. The van der Waals surface area contributed by atoms with Gasteiger partial charge >= 0.3 is 12.0 Å². The highest BCUT2D eigenvalue weighted by molar-refractivity contribution is 7.16. The van der Waals surface area contributed by atoms with E-state index in [1.165, 1.54) is 30.5 Å². The molecule has 2 N–H and O–H groups in total. The molecule has 2 unspecified atom stereocenters. The summed E-state index contributed by atoms with van der Waals surface area (Å²) < 4.78 is 19.2. The summed E-state index contributed by atoms with van der Waals surface area (Å²) in [5.41, 5.74) is 1.41. The lowest BCUT2D eigenvalue weighted by Crippen LogP contribution is -2.59. The first-order valence-corrected chi connectivity index (χ1v) is 10.9. The fraction of sp³-hybridized carbons (Fsp3) is 0.350. The maximum absolute atomic E-state index is 13.6. The second-order valence-corrected chi connectivity index (χ2v) is 8.68. The van der Waals surface area contributed by atoms with Gasteiger partial charge in [-0.1, -0.05) is 28.6 Å². The van der Waals surface area contributed by atoms with Crippen LogP contribution in [0.2, 0.25) is 0 Å². The molecule has 0 spiro atoms. The van der Waals surface area contributed by atoms with Crippen LogP contribution >= 0.6 is 11.3 Å². The van der Waals surface area contributed by atoms with Crippen molar-refractivity contribution in [2.45, 2.75) is 25.4 Å². The molecule has 0 aliphatic carbocycles. The second-order valence-electron chi connectivity index (χ2n) is 7.65. The van der Waals surface area contributed by atoms with E-state index in [2.05, 4.69) is 25.8 Å². The number of nitrogens with zero attached hydrogens (tertiary/aromatic N) is 5. The van der Waals surface area contributed by atoms with E-state index >= 15 is 0 Å². The van der Waals surface area contributed by atoms with Crippen molar-refractivity contribution in [2.75, 3.05) is 30.4 Å². The number of halogens is 1. The van der Waals surface area contributed by atoms with E-state index < -0.39 is 0 Å². The standard InChI is InChI=1S/C20H20FN7O3S/c1-10(29)27-8-13-7-14-16(32-19(23-14)25-18(30)22-2)15(9-27)28(13)20-24-17(26-31-20)11-4-3-5-12(21)6-11/h3-6,13,15H,7-9H2,1-2H3,(H2,22,23,25,30). The van der Waals surface area contributed by atoms with Crippen LogP contribution in [0.4, 0.5) is 20.3 Å². The SMILES string of the molecule is CNC(=O)Nc1nc2c(s1)C1CN(C(C)=O)CC(C2)N1c1nc(-c2cccc(F)c2)no1. The number of thiazole rings is 1. The Morgan fingerprint density at radius 1 is 1.28 bits per heavy atom. The Morgan fingerprint density at radius 3 is 2.88 bits per heavy atom. The van der Waals surface area contributed by atoms with Gasteiger partial charge in [0.25, 0.3) is 0 Å². The lowest BCUT2D eigenvalue weighted by molar-refractivity contribution is -0.130. The summed E-state index contributed by atoms with van der Waals surface area (Å²) in [6.07, 6.45) is 0.555. The molecule has 2 aromatic heterocycles. The zero-order valence-electron chi connectivity index (χ0n) is 17.3. The third kappa shape index (κ3) is 3.55. The zero-order valence-corrected chi connectivity index (χ0v) is 18.1. The minimum absolute atomic E-state index is 0.0118. The molecular formula is C20H20FN7O3S. The molecule has 32 heavy (non-hydrogen) atoms. The van der Waals surface area contributed by atoms with Gasteiger partial charge in [-0.15, -0.1) is 0 Å². The van der Waals surface area contributed by atoms with Crippen molar-refractivity contribution < 1.29 is 18.5 Å². The van der Waals surface area contributed by atoms with Crippen molar-refractivity contribution in [3.8, 4) is 11.4 Å². The molecule has 166 valence electrons. The largest absolute Gasteiger partial charge is 0.341 e. The van der Waals surface area contributed by atoms with Crippen LogP contribution in [0.1, 0.15) is 23.5 Å². The van der Waals surface area contributed by atoms with Crippen LogP contribution in [0.25, 0.3) is 11.4 Å². The lowest BCUT2D eigenvalue weighted by Gasteiger charge is -2.48. The van der Waals surface area contributed by atoms with E-state index in [0.29, 0.717) is 36.2 Å². The van der Waals surface area contributed by atoms with Gasteiger partial charge in [-0.05, 0) is 12.1 Å². The highest BCUT2D eigenvalue weighted by Gasteiger charge is 2.45. The van der Waals surface area contributed by atoms with Gasteiger partial charge in [0.1, 0.15) is 5.82 Å². The van der Waals surface area contributed by atoms with Crippen molar-refractivity contribution in [1.82, 2.24) is 25.3 Å². The fourth-order valence-corrected chi connectivity index (χ4v) is 5.24. The number of amides is 3. The molecule has 4 heterocycles. The van der Waals surface area contributed by atoms with Crippen LogP contribution in [0, 0.1) is 5.82 Å². The van der Waals surface area contributed by atoms with Gasteiger partial charge in [0.15, 0.2) is 5.13 Å². The van der Waals surface area contributed by atoms with Crippen molar-refractivity contribution in [3.63, 3.8) is 0 Å². The Kier molecular flexibility index (Phi) is 5.00. The number of anilines is 2. The Morgan fingerprint density at radius 2 is 2.12 bits per heavy atom. The first-order valence-electron chi connectivity index (χ1n) is 10.0. The minimum Gasteiger partial charge on any atom is -0.341 e. The number of urea groups is 1. The molecule has 2 aliphatic heterocycles. The van der Waals surface area contributed by atoms with Crippen LogP contribution in [0.3, 0.4) is 0 Å². The van der Waals surface area contributed by atoms with Crippen LogP contribution < -0.4 is 15.5 Å². The van der Waals surface area contributed by atoms with Gasteiger partial charge in [-0.25, -0.2) is 14.2 Å². The van der Waals surface area contributed by atoms with Crippen LogP contribution in [-0.2, 0) is 11.2 Å². The molecule has 2 bridgehead atoms. The summed E-state index contributed by atoms with van der Waals surface area (Å²) in [6, 6.07) is 5.59. The van der Waals surface area contributed by atoms with Gasteiger partial charge in [0.2, 0.25) is 11.7 Å². The van der Waals surface area contributed by atoms with E-state index in [-0.39, 0.29) is 35.7 Å². The third-order valence-electron chi connectivity index (χ3n) is 5.62. The summed E-state index contributed by atoms with van der Waals surface area (Å²) in [7, 11) is 1.54. The first-order chi connectivity index (χ1) is 15.4. The molecule has 3 amide bonds. The summed E-state index contributed by atoms with van der Waals surface area (Å²) in [6.45, 7) is 2.46. The van der Waals surface area contributed by atoms with Gasteiger partial charge < -0.3 is 19.6 Å². The summed E-state index contributed by atoms with van der Waals surface area (Å²) >= 11 is 1.36. The molecular weight excluding hydrogens is 437 g/mol. The predicted molar refractivity (Wildman–Crippen MR) is 115 cm³/mol. The monoisotopic (exact) mass is 457 g/mol. The van der Waals surface area contributed by atoms with Gasteiger partial charge in [-0.2, -0.15) is 4.98 Å². The molecule has 0 radical (unpaired) electrons. The van der Waals surface area contributed by atoms with Crippen LogP contribution in [0.15, 0.2) is 28.8 Å². The van der Waals surface area contributed by atoms with Crippen LogP contribution in [0.5, 0.6) is 0 Å². The number of aromatic nitrogens is 3. The average molecular weight is 457 g/mol. The minimum atomic E-state index is -0.383. The number of piperazine rings is 1. The van der Waals surface area contributed by atoms with Crippen molar-refractivity contribution in [3.05, 3.63) is 40.7 Å². The van der Waals surface area contributed by atoms with Crippen molar-refractivity contribution >= 4 is 34.4 Å². The summed E-state index contributed by atoms with van der Waals surface area (Å²) in [5, 5.41) is 9.76. The number of benzene rings is 1. The molecule has 5 rings (SSSR count). The summed E-state index contributed by atoms with van der Waals surface area (Å²) in [4.78, 5) is 37.7. The average Bonchev–Trinajstić information content (AvgIpc) is 3.40. The highest BCUT2D eigenvalue weighted by Crippen LogP contribution is 2.44. The number of fused-ring (bicyclic) bond motifs is 4. The number of rotatable bonds is 3. The molecule has 12 heteroatoms. The van der Waals surface area contributed by atoms with E-state index in [1.54, 1.807) is 24.0 Å². The normalized spacial score (nSPS) is 19.5. The molecule has 2 aliphatic rings. The molecule has 1 saturated heterocycles. The maximum Gasteiger partial charge on any atom is 0.325 e. The lowest BCUT2D eigenvalue weighted by atomic mass is 9.93. The van der Waals surface area contributed by atoms with Crippen molar-refractivity contribution in [1.29, 1.82) is 0 Å². The van der Waals surface area contributed by atoms with Crippen LogP contribution in [-0.4, -0.2) is 58.1 Å². The second kappa shape index (κ2) is 7.86. The zero-order chi connectivity index (χ0) is 22.4. The Bertz CT molecular complexity index is 1200. The van der Waals surface area contributed by atoms with E-state index in [0.717, 1.165) is 10.6 Å². The number of carbonyl (C=O) groups is 2. The molecule has 1 aromatic carbocycles. The summed E-state index contributed by atoms with van der Waals surface area (Å²) in [5.74, 6) is -0.105. The molecule has 10 nitrogen and oxygen atoms in total. The number of hydrogen-bond acceptors (Lipinski definition) is 8. The van der Waals surface area contributed by atoms with E-state index in [4.69, 9.17) is 4.52 Å². The van der Waals surface area contributed by atoms with E-state index in [9.17, 15) is 14.0 Å². The van der Waals surface area contributed by atoms with Crippen molar-refractivity contribution in [2.24, 2.45) is 0 Å². The smallest absolute Gasteiger partial charge is 0.325 e. The first kappa shape index (κ1) is 20.4. The molecule has 2 atom stereocenters. The number of carbonyl (C=O) groups excluding carboxylic acids is 2. The Labute approximate surface area is 186 Å². The predicted octanol–water partition coefficient (Wildman–Crippen LogP) is 2.42. The van der Waals surface area contributed by atoms with E-state index in [1.807, 2.05) is 4.90 Å². The van der Waals surface area contributed by atoms with Gasteiger partial charge in [-0.3, -0.25) is 10.1 Å². The third-order valence-corrected chi connectivity index (χ3v) is 6.74. The molecule has 0 saturated carbocycles. The molecule has 3 aromatic rings. The molecule has 1 fully saturated rings. The number of hydrogen-bond donors (Lipinski definition) is 2. The fourth-order valence-electron chi connectivity index (χ4n) is 4.16. The highest BCUT2D eigenvalue weighted by atomic mass is 32.1.